The van der Waals surface area contributed by atoms with Crippen LogP contribution in [0.3, 0.4) is 0 Å². The van der Waals surface area contributed by atoms with E-state index in [1.807, 2.05) is 0 Å². The second-order valence-electron chi connectivity index (χ2n) is 2.78. The van der Waals surface area contributed by atoms with Crippen molar-refractivity contribution in [2.75, 3.05) is 13.7 Å². The first-order chi connectivity index (χ1) is 6.22. The van der Waals surface area contributed by atoms with Crippen molar-refractivity contribution in [3.05, 3.63) is 0 Å². The molecular formula is C10H17NO2. The van der Waals surface area contributed by atoms with Crippen molar-refractivity contribution in [1.82, 2.24) is 0 Å². The molecule has 0 bridgehead atoms. The molecular weight excluding hydrogens is 166 g/mol. The molecule has 3 heteroatoms. The molecule has 0 heterocycles. The summed E-state index contributed by atoms with van der Waals surface area (Å²) in [6.07, 6.45) is 1.65. The molecule has 74 valence electrons. The minimum Gasteiger partial charge on any atom is -0.385 e. The highest BCUT2D eigenvalue weighted by Gasteiger charge is 2.11. The highest BCUT2D eigenvalue weighted by Crippen LogP contribution is 1.97. The van der Waals surface area contributed by atoms with Gasteiger partial charge in [-0.1, -0.05) is 0 Å². The predicted octanol–water partition coefficient (Wildman–Crippen LogP) is 0.723. The van der Waals surface area contributed by atoms with Crippen molar-refractivity contribution in [3.8, 4) is 11.8 Å². The smallest absolute Gasteiger partial charge is 0.150 e. The number of Topliss-reactive ketones (excluding diaryl/α,β-unsaturated/α-hetero) is 1. The minimum absolute atomic E-state index is 0.0693. The lowest BCUT2D eigenvalue weighted by atomic mass is 10.1. The maximum Gasteiger partial charge on any atom is 0.150 e. The van der Waals surface area contributed by atoms with Crippen LogP contribution < -0.4 is 5.73 Å². The molecule has 0 amide bonds. The molecule has 2 N–H and O–H groups in total. The first kappa shape index (κ1) is 12.2. The average Bonchev–Trinajstić information content (AvgIpc) is 2.14. The van der Waals surface area contributed by atoms with E-state index in [-0.39, 0.29) is 5.78 Å². The molecule has 0 spiro atoms. The molecule has 0 rings (SSSR count). The molecule has 0 aliphatic heterocycles. The predicted molar refractivity (Wildman–Crippen MR) is 52.2 cm³/mol. The standard InChI is InChI=1S/C10H17NO2/c1-3-4-5-6-10(12)9(11)7-8-13-2/h9H,5-8,11H2,1-2H3. The molecule has 3 nitrogen and oxygen atoms in total. The van der Waals surface area contributed by atoms with Gasteiger partial charge in [-0.3, -0.25) is 4.79 Å². The Bertz CT molecular complexity index is 203. The summed E-state index contributed by atoms with van der Waals surface area (Å²) in [7, 11) is 1.60. The fourth-order valence-corrected chi connectivity index (χ4v) is 0.902. The fourth-order valence-electron chi connectivity index (χ4n) is 0.902. The van der Waals surface area contributed by atoms with Crippen LogP contribution in [0.2, 0.25) is 0 Å². The van der Waals surface area contributed by atoms with Gasteiger partial charge in [0.05, 0.1) is 6.04 Å². The van der Waals surface area contributed by atoms with Gasteiger partial charge in [0.15, 0.2) is 5.78 Å². The lowest BCUT2D eigenvalue weighted by Gasteiger charge is -2.07. The topological polar surface area (TPSA) is 52.3 Å². The van der Waals surface area contributed by atoms with Crippen molar-refractivity contribution in [2.45, 2.75) is 32.2 Å². The number of ketones is 1. The molecule has 0 aliphatic rings. The van der Waals surface area contributed by atoms with Crippen LogP contribution in [0, 0.1) is 11.8 Å². The number of carbonyl (C=O) groups is 1. The van der Waals surface area contributed by atoms with Crippen molar-refractivity contribution in [1.29, 1.82) is 0 Å². The van der Waals surface area contributed by atoms with Crippen LogP contribution >= 0.6 is 0 Å². The molecule has 13 heavy (non-hydrogen) atoms. The first-order valence-electron chi connectivity index (χ1n) is 4.39. The maximum absolute atomic E-state index is 11.3. The van der Waals surface area contributed by atoms with Crippen LogP contribution in [0.5, 0.6) is 0 Å². The zero-order valence-electron chi connectivity index (χ0n) is 8.30. The van der Waals surface area contributed by atoms with Crippen LogP contribution in [0.4, 0.5) is 0 Å². The third kappa shape index (κ3) is 6.32. The number of hydrogen-bond donors (Lipinski definition) is 1. The zero-order chi connectivity index (χ0) is 10.1. The summed E-state index contributed by atoms with van der Waals surface area (Å²) in [5.74, 6) is 5.64. The number of rotatable bonds is 6. The monoisotopic (exact) mass is 183 g/mol. The lowest BCUT2D eigenvalue weighted by molar-refractivity contribution is -0.120. The van der Waals surface area contributed by atoms with Gasteiger partial charge in [-0.05, 0) is 13.3 Å². The van der Waals surface area contributed by atoms with Gasteiger partial charge in [0.2, 0.25) is 0 Å². The van der Waals surface area contributed by atoms with E-state index in [0.717, 1.165) is 0 Å². The second kappa shape index (κ2) is 7.78. The summed E-state index contributed by atoms with van der Waals surface area (Å²) < 4.78 is 4.83. The molecule has 1 atom stereocenters. The molecule has 0 fully saturated rings. The Morgan fingerprint density at radius 3 is 2.85 bits per heavy atom. The largest absolute Gasteiger partial charge is 0.385 e. The van der Waals surface area contributed by atoms with Crippen LogP contribution in [0.25, 0.3) is 0 Å². The molecule has 0 radical (unpaired) electrons. The summed E-state index contributed by atoms with van der Waals surface area (Å²) in [4.78, 5) is 11.3. The Morgan fingerprint density at radius 2 is 2.31 bits per heavy atom. The minimum atomic E-state index is -0.390. The quantitative estimate of drug-likeness (QED) is 0.617. The molecule has 0 saturated heterocycles. The van der Waals surface area contributed by atoms with E-state index in [1.54, 1.807) is 14.0 Å². The fraction of sp³-hybridized carbons (Fsp3) is 0.700. The molecule has 0 aromatic heterocycles. The Balaban J connectivity index is 3.60. The van der Waals surface area contributed by atoms with Gasteiger partial charge in [0, 0.05) is 26.6 Å². The van der Waals surface area contributed by atoms with E-state index in [1.165, 1.54) is 0 Å². The van der Waals surface area contributed by atoms with E-state index in [2.05, 4.69) is 11.8 Å². The Morgan fingerprint density at radius 1 is 1.62 bits per heavy atom. The number of carbonyl (C=O) groups excluding carboxylic acids is 1. The number of hydrogen-bond acceptors (Lipinski definition) is 3. The van der Waals surface area contributed by atoms with Crippen molar-refractivity contribution in [2.24, 2.45) is 5.73 Å². The first-order valence-corrected chi connectivity index (χ1v) is 4.39. The van der Waals surface area contributed by atoms with E-state index < -0.39 is 6.04 Å². The summed E-state index contributed by atoms with van der Waals surface area (Å²) in [6.45, 7) is 2.29. The van der Waals surface area contributed by atoms with Gasteiger partial charge in [-0.2, -0.15) is 0 Å². The van der Waals surface area contributed by atoms with E-state index in [0.29, 0.717) is 25.9 Å². The van der Waals surface area contributed by atoms with Gasteiger partial charge >= 0.3 is 0 Å². The number of ether oxygens (including phenoxy) is 1. The van der Waals surface area contributed by atoms with Gasteiger partial charge in [0.25, 0.3) is 0 Å². The van der Waals surface area contributed by atoms with Crippen molar-refractivity contribution < 1.29 is 9.53 Å². The van der Waals surface area contributed by atoms with E-state index in [9.17, 15) is 4.79 Å². The SMILES string of the molecule is CC#CCCC(=O)C(N)CCOC. The Labute approximate surface area is 79.6 Å². The Kier molecular flexibility index (Phi) is 7.27. The zero-order valence-corrected chi connectivity index (χ0v) is 8.30. The van der Waals surface area contributed by atoms with Crippen LogP contribution in [0.1, 0.15) is 26.2 Å². The van der Waals surface area contributed by atoms with Crippen LogP contribution in [-0.4, -0.2) is 25.5 Å². The summed E-state index contributed by atoms with van der Waals surface area (Å²) in [6, 6.07) is -0.390. The maximum atomic E-state index is 11.3. The van der Waals surface area contributed by atoms with Gasteiger partial charge in [-0.15, -0.1) is 11.8 Å². The highest BCUT2D eigenvalue weighted by atomic mass is 16.5. The second-order valence-corrected chi connectivity index (χ2v) is 2.78. The molecule has 0 aromatic carbocycles. The summed E-state index contributed by atoms with van der Waals surface area (Å²) >= 11 is 0. The van der Waals surface area contributed by atoms with Crippen LogP contribution in [0.15, 0.2) is 0 Å². The Hall–Kier alpha value is -0.850. The molecule has 0 aliphatic carbocycles. The lowest BCUT2D eigenvalue weighted by Crippen LogP contribution is -2.31. The van der Waals surface area contributed by atoms with Crippen molar-refractivity contribution in [3.63, 3.8) is 0 Å². The third-order valence-corrected chi connectivity index (χ3v) is 1.72. The number of nitrogens with two attached hydrogens (primary N) is 1. The molecule has 0 saturated carbocycles. The van der Waals surface area contributed by atoms with Crippen LogP contribution in [-0.2, 0) is 9.53 Å². The van der Waals surface area contributed by atoms with E-state index in [4.69, 9.17) is 10.5 Å². The average molecular weight is 183 g/mol. The summed E-state index contributed by atoms with van der Waals surface area (Å²) in [5.41, 5.74) is 5.61. The van der Waals surface area contributed by atoms with Gasteiger partial charge in [0.1, 0.15) is 0 Å². The van der Waals surface area contributed by atoms with Crippen molar-refractivity contribution >= 4 is 5.78 Å². The third-order valence-electron chi connectivity index (χ3n) is 1.72. The highest BCUT2D eigenvalue weighted by molar-refractivity contribution is 5.83. The number of methoxy groups -OCH3 is 1. The summed E-state index contributed by atoms with van der Waals surface area (Å²) in [5, 5.41) is 0. The molecule has 0 aromatic rings. The van der Waals surface area contributed by atoms with Gasteiger partial charge < -0.3 is 10.5 Å². The van der Waals surface area contributed by atoms with E-state index >= 15 is 0 Å². The van der Waals surface area contributed by atoms with Gasteiger partial charge in [-0.25, -0.2) is 0 Å². The molecule has 1 unspecified atom stereocenters. The normalized spacial score (nSPS) is 11.6.